The third-order valence-electron chi connectivity index (χ3n) is 4.61. The zero-order valence-electron chi connectivity index (χ0n) is 15.0. The molecule has 0 spiro atoms. The molecule has 1 saturated heterocycles. The largest absolute Gasteiger partial charge is 0.338 e. The van der Waals surface area contributed by atoms with Crippen molar-refractivity contribution in [1.82, 2.24) is 25.4 Å². The van der Waals surface area contributed by atoms with Crippen molar-refractivity contribution in [2.45, 2.75) is 33.1 Å². The van der Waals surface area contributed by atoms with E-state index in [2.05, 4.69) is 34.3 Å². The second-order valence-electron chi connectivity index (χ2n) is 7.19. The first-order valence-electron chi connectivity index (χ1n) is 9.11. The number of aromatic amines is 1. The Hall–Kier alpha value is -2.37. The summed E-state index contributed by atoms with van der Waals surface area (Å²) in [4.78, 5) is 18.7. The van der Waals surface area contributed by atoms with E-state index < -0.39 is 0 Å². The van der Waals surface area contributed by atoms with Gasteiger partial charge in [-0.3, -0.25) is 5.10 Å². The summed E-state index contributed by atoms with van der Waals surface area (Å²) in [6.07, 6.45) is 2.91. The molecule has 0 radical (unpaired) electrons. The van der Waals surface area contributed by atoms with Crippen molar-refractivity contribution >= 4 is 6.03 Å². The smallest absolute Gasteiger partial charge is 0.317 e. The van der Waals surface area contributed by atoms with Crippen LogP contribution >= 0.6 is 0 Å². The van der Waals surface area contributed by atoms with Gasteiger partial charge in [-0.25, -0.2) is 9.78 Å². The second-order valence-corrected chi connectivity index (χ2v) is 7.19. The van der Waals surface area contributed by atoms with Crippen LogP contribution in [0.15, 0.2) is 30.3 Å². The number of likely N-dealkylation sites (tertiary alicyclic amines) is 1. The summed E-state index contributed by atoms with van der Waals surface area (Å²) in [5.41, 5.74) is 1.03. The Labute approximate surface area is 149 Å². The zero-order chi connectivity index (χ0) is 17.6. The van der Waals surface area contributed by atoms with Gasteiger partial charge in [0.1, 0.15) is 5.82 Å². The average molecular weight is 341 g/mol. The van der Waals surface area contributed by atoms with E-state index in [1.165, 1.54) is 0 Å². The molecule has 0 bridgehead atoms. The van der Waals surface area contributed by atoms with Gasteiger partial charge in [-0.15, -0.1) is 0 Å². The van der Waals surface area contributed by atoms with Crippen LogP contribution in [0.2, 0.25) is 0 Å². The molecule has 1 aromatic carbocycles. The predicted octanol–water partition coefficient (Wildman–Crippen LogP) is 3.09. The first-order valence-corrected chi connectivity index (χ1v) is 9.11. The molecule has 1 aliphatic rings. The predicted molar refractivity (Wildman–Crippen MR) is 98.1 cm³/mol. The quantitative estimate of drug-likeness (QED) is 0.877. The van der Waals surface area contributed by atoms with E-state index in [0.717, 1.165) is 56.1 Å². The fraction of sp³-hybridized carbons (Fsp3) is 0.526. The molecular formula is C19H27N5O. The highest BCUT2D eigenvalue weighted by molar-refractivity contribution is 5.74. The summed E-state index contributed by atoms with van der Waals surface area (Å²) in [5.74, 6) is 2.71. The van der Waals surface area contributed by atoms with Gasteiger partial charge < -0.3 is 10.2 Å². The van der Waals surface area contributed by atoms with Gasteiger partial charge in [0.25, 0.3) is 0 Å². The fourth-order valence-electron chi connectivity index (χ4n) is 3.12. The lowest BCUT2D eigenvalue weighted by Gasteiger charge is -2.31. The van der Waals surface area contributed by atoms with Crippen LogP contribution < -0.4 is 5.32 Å². The van der Waals surface area contributed by atoms with Crippen LogP contribution in [0.3, 0.4) is 0 Å². The molecule has 1 aliphatic heterocycles. The summed E-state index contributed by atoms with van der Waals surface area (Å²) < 4.78 is 0. The Balaban J connectivity index is 1.48. The number of H-pyrrole nitrogens is 1. The molecule has 2 amide bonds. The van der Waals surface area contributed by atoms with Gasteiger partial charge >= 0.3 is 6.03 Å². The van der Waals surface area contributed by atoms with Gasteiger partial charge in [0.2, 0.25) is 0 Å². The van der Waals surface area contributed by atoms with E-state index >= 15 is 0 Å². The number of benzene rings is 1. The number of nitrogens with zero attached hydrogens (tertiary/aromatic N) is 3. The molecule has 134 valence electrons. The Morgan fingerprint density at radius 2 is 2.00 bits per heavy atom. The van der Waals surface area contributed by atoms with Crippen molar-refractivity contribution < 1.29 is 4.79 Å². The van der Waals surface area contributed by atoms with Crippen molar-refractivity contribution in [2.75, 3.05) is 19.6 Å². The van der Waals surface area contributed by atoms with E-state index in [-0.39, 0.29) is 6.03 Å². The van der Waals surface area contributed by atoms with E-state index in [0.29, 0.717) is 11.8 Å². The molecule has 0 unspecified atom stereocenters. The lowest BCUT2D eigenvalue weighted by molar-refractivity contribution is 0.169. The van der Waals surface area contributed by atoms with Crippen molar-refractivity contribution in [2.24, 2.45) is 11.8 Å². The third-order valence-corrected chi connectivity index (χ3v) is 4.61. The fourth-order valence-corrected chi connectivity index (χ4v) is 3.12. The minimum atomic E-state index is 0.0678. The molecule has 0 aliphatic carbocycles. The van der Waals surface area contributed by atoms with E-state index in [4.69, 9.17) is 0 Å². The van der Waals surface area contributed by atoms with Gasteiger partial charge in [0, 0.05) is 31.6 Å². The Morgan fingerprint density at radius 1 is 1.28 bits per heavy atom. The molecule has 1 aromatic heterocycles. The number of hydrogen-bond donors (Lipinski definition) is 2. The SMILES string of the molecule is CC(C)CNC(=O)N1CCC(Cc2nc(-c3ccccc3)n[nH]2)CC1. The van der Waals surface area contributed by atoms with Crippen molar-refractivity contribution in [3.8, 4) is 11.4 Å². The third kappa shape index (κ3) is 4.81. The molecule has 25 heavy (non-hydrogen) atoms. The molecule has 2 N–H and O–H groups in total. The molecular weight excluding hydrogens is 314 g/mol. The molecule has 6 nitrogen and oxygen atoms in total. The topological polar surface area (TPSA) is 73.9 Å². The lowest BCUT2D eigenvalue weighted by atomic mass is 9.93. The van der Waals surface area contributed by atoms with E-state index in [1.54, 1.807) is 0 Å². The maximum absolute atomic E-state index is 12.1. The van der Waals surface area contributed by atoms with E-state index in [1.807, 2.05) is 35.2 Å². The molecule has 1 fully saturated rings. The van der Waals surface area contributed by atoms with Crippen LogP contribution in [0, 0.1) is 11.8 Å². The van der Waals surface area contributed by atoms with Crippen LogP contribution in [0.25, 0.3) is 11.4 Å². The number of piperidine rings is 1. The number of urea groups is 1. The van der Waals surface area contributed by atoms with Crippen LogP contribution in [0.4, 0.5) is 4.79 Å². The highest BCUT2D eigenvalue weighted by Crippen LogP contribution is 2.21. The van der Waals surface area contributed by atoms with Gasteiger partial charge in [-0.1, -0.05) is 44.2 Å². The van der Waals surface area contributed by atoms with E-state index in [9.17, 15) is 4.79 Å². The summed E-state index contributed by atoms with van der Waals surface area (Å²) in [6.45, 7) is 6.57. The molecule has 6 heteroatoms. The maximum atomic E-state index is 12.1. The van der Waals surface area contributed by atoms with Crippen LogP contribution in [-0.4, -0.2) is 45.7 Å². The Morgan fingerprint density at radius 3 is 2.68 bits per heavy atom. The van der Waals surface area contributed by atoms with Gasteiger partial charge in [0.05, 0.1) is 0 Å². The number of hydrogen-bond acceptors (Lipinski definition) is 3. The number of nitrogens with one attached hydrogen (secondary N) is 2. The standard InChI is InChI=1S/C19H27N5O/c1-14(2)13-20-19(25)24-10-8-15(9-11-24)12-17-21-18(23-22-17)16-6-4-3-5-7-16/h3-7,14-15H,8-13H2,1-2H3,(H,20,25)(H,21,22,23). The number of aromatic nitrogens is 3. The van der Waals surface area contributed by atoms with Gasteiger partial charge in [0.15, 0.2) is 5.82 Å². The minimum Gasteiger partial charge on any atom is -0.338 e. The minimum absolute atomic E-state index is 0.0678. The number of amides is 2. The Bertz CT molecular complexity index is 674. The summed E-state index contributed by atoms with van der Waals surface area (Å²) >= 11 is 0. The van der Waals surface area contributed by atoms with Gasteiger partial charge in [-0.2, -0.15) is 5.10 Å². The van der Waals surface area contributed by atoms with Crippen LogP contribution in [0.5, 0.6) is 0 Å². The number of rotatable bonds is 5. The van der Waals surface area contributed by atoms with Crippen molar-refractivity contribution in [3.63, 3.8) is 0 Å². The first-order chi connectivity index (χ1) is 12.1. The van der Waals surface area contributed by atoms with Crippen molar-refractivity contribution in [3.05, 3.63) is 36.2 Å². The lowest BCUT2D eigenvalue weighted by Crippen LogP contribution is -2.45. The summed E-state index contributed by atoms with van der Waals surface area (Å²) in [6, 6.07) is 10.1. The van der Waals surface area contributed by atoms with Crippen LogP contribution in [0.1, 0.15) is 32.5 Å². The highest BCUT2D eigenvalue weighted by Gasteiger charge is 2.23. The highest BCUT2D eigenvalue weighted by atomic mass is 16.2. The molecule has 0 saturated carbocycles. The molecule has 2 heterocycles. The van der Waals surface area contributed by atoms with Crippen molar-refractivity contribution in [1.29, 1.82) is 0 Å². The molecule has 0 atom stereocenters. The Kier molecular flexibility index (Phi) is 5.68. The number of carbonyl (C=O) groups is 1. The summed E-state index contributed by atoms with van der Waals surface area (Å²) in [5, 5.41) is 10.4. The monoisotopic (exact) mass is 341 g/mol. The zero-order valence-corrected chi connectivity index (χ0v) is 15.0. The molecule has 2 aromatic rings. The maximum Gasteiger partial charge on any atom is 0.317 e. The second kappa shape index (κ2) is 8.14. The van der Waals surface area contributed by atoms with Crippen LogP contribution in [-0.2, 0) is 6.42 Å². The van der Waals surface area contributed by atoms with Gasteiger partial charge in [-0.05, 0) is 24.7 Å². The first kappa shape index (κ1) is 17.5. The number of carbonyl (C=O) groups excluding carboxylic acids is 1. The normalized spacial score (nSPS) is 15.6. The average Bonchev–Trinajstić information content (AvgIpc) is 3.09. The summed E-state index contributed by atoms with van der Waals surface area (Å²) in [7, 11) is 0. The molecule has 3 rings (SSSR count).